The highest BCUT2D eigenvalue weighted by atomic mass is 32.2. The number of alkyl halides is 3. The minimum Gasteiger partial charge on any atom is -0.396 e. The van der Waals surface area contributed by atoms with Gasteiger partial charge in [-0.1, -0.05) is 12.1 Å². The first kappa shape index (κ1) is 18.3. The van der Waals surface area contributed by atoms with Crippen molar-refractivity contribution >= 4 is 11.8 Å². The molecule has 1 unspecified atom stereocenters. The molecule has 21 heavy (non-hydrogen) atoms. The largest absolute Gasteiger partial charge is 0.446 e. The van der Waals surface area contributed by atoms with Crippen molar-refractivity contribution in [1.82, 2.24) is 5.32 Å². The molecule has 120 valence electrons. The molecule has 0 aromatic heterocycles. The minimum atomic E-state index is -4.26. The quantitative estimate of drug-likeness (QED) is 0.483. The maximum atomic E-state index is 12.2. The highest BCUT2D eigenvalue weighted by molar-refractivity contribution is 8.00. The number of rotatable bonds is 9. The summed E-state index contributed by atoms with van der Waals surface area (Å²) in [5, 5.41) is 12.0. The molecular formula is C14H21F3N2OS. The summed E-state index contributed by atoms with van der Waals surface area (Å²) in [6, 6.07) is 6.20. The van der Waals surface area contributed by atoms with Crippen LogP contribution < -0.4 is 11.1 Å². The maximum absolute atomic E-state index is 12.2. The van der Waals surface area contributed by atoms with Gasteiger partial charge in [0.1, 0.15) is 0 Å². The Labute approximate surface area is 127 Å². The smallest absolute Gasteiger partial charge is 0.396 e. The van der Waals surface area contributed by atoms with Crippen molar-refractivity contribution in [1.29, 1.82) is 0 Å². The molecule has 1 rings (SSSR count). The number of thioether (sulfide) groups is 1. The number of hydrogen-bond donors (Lipinski definition) is 3. The highest BCUT2D eigenvalue weighted by Gasteiger charge is 2.29. The van der Waals surface area contributed by atoms with Gasteiger partial charge in [0.15, 0.2) is 0 Å². The van der Waals surface area contributed by atoms with E-state index >= 15 is 0 Å². The van der Waals surface area contributed by atoms with Gasteiger partial charge in [-0.15, -0.1) is 0 Å². The second kappa shape index (κ2) is 9.30. The molecule has 0 aliphatic heterocycles. The van der Waals surface area contributed by atoms with Crippen LogP contribution in [0.1, 0.15) is 30.9 Å². The van der Waals surface area contributed by atoms with Crippen molar-refractivity contribution in [3.05, 3.63) is 29.8 Å². The standard InChI is InChI=1S/C14H21F3N2OS/c15-14(16,17)21-12-6-4-11(5-7-12)13(10-18)19-8-2-1-3-9-20/h4-7,13,19-20H,1-3,8-10,18H2. The van der Waals surface area contributed by atoms with Gasteiger partial charge < -0.3 is 16.2 Å². The minimum absolute atomic E-state index is 0.0657. The summed E-state index contributed by atoms with van der Waals surface area (Å²) < 4.78 is 36.7. The zero-order valence-electron chi connectivity index (χ0n) is 11.7. The predicted octanol–water partition coefficient (Wildman–Crippen LogP) is 3.05. The van der Waals surface area contributed by atoms with Crippen LogP contribution in [-0.2, 0) is 0 Å². The molecular weight excluding hydrogens is 301 g/mol. The molecule has 0 saturated carbocycles. The molecule has 0 fully saturated rings. The van der Waals surface area contributed by atoms with Gasteiger partial charge >= 0.3 is 5.51 Å². The van der Waals surface area contributed by atoms with Crippen molar-refractivity contribution in [2.24, 2.45) is 5.73 Å². The van der Waals surface area contributed by atoms with Gasteiger partial charge in [-0.3, -0.25) is 0 Å². The van der Waals surface area contributed by atoms with E-state index in [1.165, 1.54) is 12.1 Å². The highest BCUT2D eigenvalue weighted by Crippen LogP contribution is 2.36. The Morgan fingerprint density at radius 2 is 1.81 bits per heavy atom. The van der Waals surface area contributed by atoms with Gasteiger partial charge in [0, 0.05) is 24.1 Å². The van der Waals surface area contributed by atoms with E-state index < -0.39 is 5.51 Å². The Balaban J connectivity index is 2.49. The van der Waals surface area contributed by atoms with Crippen molar-refractivity contribution in [2.45, 2.75) is 35.7 Å². The zero-order chi connectivity index (χ0) is 15.7. The van der Waals surface area contributed by atoms with Gasteiger partial charge in [-0.2, -0.15) is 13.2 Å². The lowest BCUT2D eigenvalue weighted by Gasteiger charge is -2.17. The fourth-order valence-electron chi connectivity index (χ4n) is 1.93. The van der Waals surface area contributed by atoms with Crippen LogP contribution in [0.2, 0.25) is 0 Å². The van der Waals surface area contributed by atoms with E-state index in [1.807, 2.05) is 0 Å². The number of hydrogen-bond acceptors (Lipinski definition) is 4. The molecule has 0 bridgehead atoms. The Morgan fingerprint density at radius 3 is 2.33 bits per heavy atom. The normalized spacial score (nSPS) is 13.4. The topological polar surface area (TPSA) is 58.3 Å². The Morgan fingerprint density at radius 1 is 1.14 bits per heavy atom. The average molecular weight is 322 g/mol. The lowest BCUT2D eigenvalue weighted by Crippen LogP contribution is -2.29. The summed E-state index contributed by atoms with van der Waals surface area (Å²) in [6.45, 7) is 1.34. The zero-order valence-corrected chi connectivity index (χ0v) is 12.5. The number of nitrogens with two attached hydrogens (primary N) is 1. The van der Waals surface area contributed by atoms with E-state index in [2.05, 4.69) is 5.32 Å². The summed E-state index contributed by atoms with van der Waals surface area (Å²) in [6.07, 6.45) is 2.64. The van der Waals surface area contributed by atoms with Gasteiger partial charge in [0.05, 0.1) is 0 Å². The maximum Gasteiger partial charge on any atom is 0.446 e. The first-order valence-corrected chi connectivity index (χ1v) is 7.68. The van der Waals surface area contributed by atoms with E-state index in [0.29, 0.717) is 6.54 Å². The van der Waals surface area contributed by atoms with Crippen molar-refractivity contribution in [2.75, 3.05) is 19.7 Å². The van der Waals surface area contributed by atoms with Crippen LogP contribution in [0.25, 0.3) is 0 Å². The van der Waals surface area contributed by atoms with Crippen molar-refractivity contribution in [3.8, 4) is 0 Å². The number of aliphatic hydroxyl groups excluding tert-OH is 1. The predicted molar refractivity (Wildman–Crippen MR) is 79.1 cm³/mol. The van der Waals surface area contributed by atoms with Crippen LogP contribution in [0.15, 0.2) is 29.2 Å². The average Bonchev–Trinajstić information content (AvgIpc) is 2.42. The van der Waals surface area contributed by atoms with E-state index in [0.717, 1.165) is 31.4 Å². The van der Waals surface area contributed by atoms with Crippen LogP contribution >= 0.6 is 11.8 Å². The van der Waals surface area contributed by atoms with Gasteiger partial charge in [0.25, 0.3) is 0 Å². The Kier molecular flexibility index (Phi) is 8.10. The summed E-state index contributed by atoms with van der Waals surface area (Å²) >= 11 is -0.120. The molecule has 0 heterocycles. The first-order valence-electron chi connectivity index (χ1n) is 6.86. The molecule has 0 aliphatic rings. The molecule has 0 spiro atoms. The molecule has 0 radical (unpaired) electrons. The fraction of sp³-hybridized carbons (Fsp3) is 0.571. The molecule has 0 amide bonds. The SMILES string of the molecule is NCC(NCCCCCO)c1ccc(SC(F)(F)F)cc1. The number of unbranched alkanes of at least 4 members (excludes halogenated alkanes) is 2. The van der Waals surface area contributed by atoms with Crippen molar-refractivity contribution < 1.29 is 18.3 Å². The van der Waals surface area contributed by atoms with Crippen LogP contribution in [0.3, 0.4) is 0 Å². The third-order valence-electron chi connectivity index (χ3n) is 2.98. The van der Waals surface area contributed by atoms with Crippen LogP contribution in [0, 0.1) is 0 Å². The van der Waals surface area contributed by atoms with Crippen molar-refractivity contribution in [3.63, 3.8) is 0 Å². The number of halogens is 3. The monoisotopic (exact) mass is 322 g/mol. The van der Waals surface area contributed by atoms with E-state index in [9.17, 15) is 13.2 Å². The summed E-state index contributed by atoms with van der Waals surface area (Å²) in [7, 11) is 0. The van der Waals surface area contributed by atoms with Gasteiger partial charge in [-0.25, -0.2) is 0 Å². The molecule has 1 aromatic rings. The van der Waals surface area contributed by atoms with Gasteiger partial charge in [0.2, 0.25) is 0 Å². The van der Waals surface area contributed by atoms with Crippen LogP contribution in [0.5, 0.6) is 0 Å². The Bertz CT molecular complexity index is 398. The lowest BCUT2D eigenvalue weighted by molar-refractivity contribution is -0.0328. The molecule has 0 aliphatic carbocycles. The fourth-order valence-corrected chi connectivity index (χ4v) is 2.47. The third-order valence-corrected chi connectivity index (χ3v) is 3.72. The second-order valence-corrected chi connectivity index (χ2v) is 5.78. The molecule has 4 N–H and O–H groups in total. The van der Waals surface area contributed by atoms with E-state index in [1.54, 1.807) is 12.1 Å². The molecule has 0 saturated heterocycles. The molecule has 1 aromatic carbocycles. The van der Waals surface area contributed by atoms with E-state index in [-0.39, 0.29) is 29.3 Å². The summed E-state index contributed by atoms with van der Waals surface area (Å²) in [5.41, 5.74) is 2.31. The van der Waals surface area contributed by atoms with E-state index in [4.69, 9.17) is 10.8 Å². The van der Waals surface area contributed by atoms with Crippen LogP contribution in [-0.4, -0.2) is 30.3 Å². The third kappa shape index (κ3) is 7.71. The Hall–Kier alpha value is -0.760. The number of aliphatic hydroxyl groups is 1. The first-order chi connectivity index (χ1) is 9.96. The number of benzene rings is 1. The second-order valence-electron chi connectivity index (χ2n) is 4.64. The molecule has 3 nitrogen and oxygen atoms in total. The van der Waals surface area contributed by atoms with Crippen LogP contribution in [0.4, 0.5) is 13.2 Å². The summed E-state index contributed by atoms with van der Waals surface area (Å²) in [5.74, 6) is 0. The molecule has 1 atom stereocenters. The number of nitrogens with one attached hydrogen (secondary N) is 1. The summed E-state index contributed by atoms with van der Waals surface area (Å²) in [4.78, 5) is 0.171. The van der Waals surface area contributed by atoms with Gasteiger partial charge in [-0.05, 0) is 55.3 Å². The molecule has 7 heteroatoms. The lowest BCUT2D eigenvalue weighted by atomic mass is 10.1.